The molecular weight excluding hydrogens is 368 g/mol. The molecule has 0 fully saturated rings. The Morgan fingerprint density at radius 1 is 0.533 bits per heavy atom. The number of hydrogen-bond donors (Lipinski definition) is 0. The van der Waals surface area contributed by atoms with Gasteiger partial charge in [0.05, 0.1) is 0 Å². The van der Waals surface area contributed by atoms with Crippen molar-refractivity contribution in [3.8, 4) is 0 Å². The van der Waals surface area contributed by atoms with E-state index in [4.69, 9.17) is 0 Å². The average Bonchev–Trinajstić information content (AvgIpc) is 2.76. The van der Waals surface area contributed by atoms with E-state index in [1.165, 1.54) is 11.1 Å². The zero-order chi connectivity index (χ0) is 20.8. The van der Waals surface area contributed by atoms with Crippen LogP contribution >= 0.6 is 0 Å². The Morgan fingerprint density at radius 3 is 1.27 bits per heavy atom. The van der Waals surface area contributed by atoms with Crippen LogP contribution in [0.15, 0.2) is 60.7 Å². The van der Waals surface area contributed by atoms with Gasteiger partial charge in [0, 0.05) is 22.3 Å². The normalized spacial score (nSPS) is 13.0. The quantitative estimate of drug-likeness (QED) is 0.342. The van der Waals surface area contributed by atoms with Crippen LogP contribution in [-0.2, 0) is 12.8 Å². The molecule has 0 heterocycles. The van der Waals surface area contributed by atoms with Crippen molar-refractivity contribution >= 4 is 33.1 Å². The number of aryl methyl sites for hydroxylation is 2. The minimum absolute atomic E-state index is 0.0538. The molecule has 0 atom stereocenters. The first-order chi connectivity index (χ1) is 14.6. The maximum atomic E-state index is 13.4. The van der Waals surface area contributed by atoms with Gasteiger partial charge in [-0.15, -0.1) is 0 Å². The lowest BCUT2D eigenvalue weighted by molar-refractivity contribution is 0.0979. The van der Waals surface area contributed by atoms with Gasteiger partial charge in [0.1, 0.15) is 0 Å². The van der Waals surface area contributed by atoms with Crippen LogP contribution in [0.1, 0.15) is 69.7 Å². The van der Waals surface area contributed by atoms with Crippen LogP contribution in [0.4, 0.5) is 0 Å². The molecule has 0 radical (unpaired) electrons. The van der Waals surface area contributed by atoms with Crippen LogP contribution in [0.2, 0.25) is 0 Å². The standard InChI is InChI=1S/C28H24O2/c1-3-7-17-11-21-15-25-26(16-22(21)12-18(17)8-4-2)28(30)24-14-20-10-6-5-9-19(20)13-23(24)27(25)29/h5-6,9-16H,3-4,7-8H2,1-2H3. The Labute approximate surface area is 176 Å². The summed E-state index contributed by atoms with van der Waals surface area (Å²) in [5.74, 6) is -0.108. The van der Waals surface area contributed by atoms with Crippen molar-refractivity contribution in [3.05, 3.63) is 94.0 Å². The number of ketones is 2. The van der Waals surface area contributed by atoms with Crippen LogP contribution in [0.3, 0.4) is 0 Å². The first-order valence-corrected chi connectivity index (χ1v) is 10.8. The Hall–Kier alpha value is -3.26. The molecule has 1 aliphatic rings. The zero-order valence-electron chi connectivity index (χ0n) is 17.4. The Kier molecular flexibility index (Phi) is 4.51. The van der Waals surface area contributed by atoms with Gasteiger partial charge in [0.15, 0.2) is 11.6 Å². The van der Waals surface area contributed by atoms with E-state index in [2.05, 4.69) is 26.0 Å². The molecule has 0 saturated carbocycles. The van der Waals surface area contributed by atoms with Crippen molar-refractivity contribution in [2.75, 3.05) is 0 Å². The van der Waals surface area contributed by atoms with Gasteiger partial charge in [-0.3, -0.25) is 9.59 Å². The van der Waals surface area contributed by atoms with Crippen LogP contribution < -0.4 is 0 Å². The molecule has 0 saturated heterocycles. The molecule has 2 nitrogen and oxygen atoms in total. The van der Waals surface area contributed by atoms with Gasteiger partial charge in [-0.25, -0.2) is 0 Å². The topological polar surface area (TPSA) is 34.1 Å². The Balaban J connectivity index is 1.73. The largest absolute Gasteiger partial charge is 0.289 e. The highest BCUT2D eigenvalue weighted by molar-refractivity contribution is 6.30. The molecule has 0 unspecified atom stereocenters. The maximum absolute atomic E-state index is 13.4. The summed E-state index contributed by atoms with van der Waals surface area (Å²) in [6.07, 6.45) is 4.24. The second kappa shape index (κ2) is 7.21. The van der Waals surface area contributed by atoms with Crippen LogP contribution in [0.5, 0.6) is 0 Å². The fourth-order valence-electron chi connectivity index (χ4n) is 4.73. The average molecular weight is 392 g/mol. The van der Waals surface area contributed by atoms with Crippen molar-refractivity contribution in [2.24, 2.45) is 0 Å². The molecule has 0 N–H and O–H groups in total. The first kappa shape index (κ1) is 18.7. The van der Waals surface area contributed by atoms with Crippen LogP contribution in [-0.4, -0.2) is 11.6 Å². The van der Waals surface area contributed by atoms with Gasteiger partial charge in [-0.1, -0.05) is 63.1 Å². The maximum Gasteiger partial charge on any atom is 0.194 e. The number of fused-ring (bicyclic) bond motifs is 4. The van der Waals surface area contributed by atoms with Crippen molar-refractivity contribution in [2.45, 2.75) is 39.5 Å². The van der Waals surface area contributed by atoms with Crippen LogP contribution in [0.25, 0.3) is 21.5 Å². The SMILES string of the molecule is CCCc1cc2cc3c(cc2cc1CCC)C(=O)c1cc2ccccc2cc1C3=O. The lowest BCUT2D eigenvalue weighted by Gasteiger charge is -2.20. The van der Waals surface area contributed by atoms with Crippen molar-refractivity contribution < 1.29 is 9.59 Å². The lowest BCUT2D eigenvalue weighted by Crippen LogP contribution is -2.21. The van der Waals surface area contributed by atoms with Gasteiger partial charge >= 0.3 is 0 Å². The third-order valence-electron chi connectivity index (χ3n) is 6.20. The molecule has 5 rings (SSSR count). The van der Waals surface area contributed by atoms with Crippen molar-refractivity contribution in [3.63, 3.8) is 0 Å². The van der Waals surface area contributed by atoms with E-state index in [0.717, 1.165) is 47.2 Å². The second-order valence-corrected chi connectivity index (χ2v) is 8.27. The summed E-state index contributed by atoms with van der Waals surface area (Å²) in [4.78, 5) is 26.7. The van der Waals surface area contributed by atoms with E-state index < -0.39 is 0 Å². The predicted molar refractivity (Wildman–Crippen MR) is 123 cm³/mol. The number of carbonyl (C=O) groups is 2. The summed E-state index contributed by atoms with van der Waals surface area (Å²) >= 11 is 0. The molecular formula is C28H24O2. The van der Waals surface area contributed by atoms with E-state index in [9.17, 15) is 9.59 Å². The lowest BCUT2D eigenvalue weighted by atomic mass is 9.81. The minimum atomic E-state index is -0.0538. The highest BCUT2D eigenvalue weighted by atomic mass is 16.1. The number of carbonyl (C=O) groups excluding carboxylic acids is 2. The second-order valence-electron chi connectivity index (χ2n) is 8.27. The molecule has 30 heavy (non-hydrogen) atoms. The molecule has 4 aromatic rings. The fraction of sp³-hybridized carbons (Fsp3) is 0.214. The Morgan fingerprint density at radius 2 is 0.900 bits per heavy atom. The molecule has 0 spiro atoms. The Bertz CT molecular complexity index is 1240. The van der Waals surface area contributed by atoms with Gasteiger partial charge in [0.2, 0.25) is 0 Å². The van der Waals surface area contributed by atoms with Crippen molar-refractivity contribution in [1.82, 2.24) is 0 Å². The molecule has 0 amide bonds. The van der Waals surface area contributed by atoms with Gasteiger partial charge in [-0.2, -0.15) is 0 Å². The van der Waals surface area contributed by atoms with E-state index in [-0.39, 0.29) is 11.6 Å². The predicted octanol–water partition coefficient (Wildman–Crippen LogP) is 6.67. The molecule has 148 valence electrons. The smallest absolute Gasteiger partial charge is 0.194 e. The highest BCUT2D eigenvalue weighted by Gasteiger charge is 2.30. The monoisotopic (exact) mass is 392 g/mol. The van der Waals surface area contributed by atoms with E-state index in [0.29, 0.717) is 22.3 Å². The van der Waals surface area contributed by atoms with Crippen LogP contribution in [0, 0.1) is 0 Å². The fourth-order valence-corrected chi connectivity index (χ4v) is 4.73. The highest BCUT2D eigenvalue weighted by Crippen LogP contribution is 2.34. The summed E-state index contributed by atoms with van der Waals surface area (Å²) in [5, 5.41) is 4.05. The summed E-state index contributed by atoms with van der Waals surface area (Å²) < 4.78 is 0. The zero-order valence-corrected chi connectivity index (χ0v) is 17.4. The van der Waals surface area contributed by atoms with Crippen molar-refractivity contribution in [1.29, 1.82) is 0 Å². The number of hydrogen-bond acceptors (Lipinski definition) is 2. The number of benzene rings is 4. The third-order valence-corrected chi connectivity index (χ3v) is 6.20. The van der Waals surface area contributed by atoms with Gasteiger partial charge < -0.3 is 0 Å². The molecule has 2 heteroatoms. The van der Waals surface area contributed by atoms with E-state index in [1.54, 1.807) is 0 Å². The summed E-state index contributed by atoms with van der Waals surface area (Å²) in [6.45, 7) is 4.38. The molecule has 0 aromatic heterocycles. The van der Waals surface area contributed by atoms with Gasteiger partial charge in [-0.05, 0) is 69.8 Å². The summed E-state index contributed by atoms with van der Waals surface area (Å²) in [7, 11) is 0. The van der Waals surface area contributed by atoms with E-state index in [1.807, 2.05) is 48.5 Å². The summed E-state index contributed by atoms with van der Waals surface area (Å²) in [5.41, 5.74) is 4.80. The minimum Gasteiger partial charge on any atom is -0.289 e. The summed E-state index contributed by atoms with van der Waals surface area (Å²) in [6, 6.07) is 19.9. The molecule has 1 aliphatic carbocycles. The molecule has 4 aromatic carbocycles. The van der Waals surface area contributed by atoms with Gasteiger partial charge in [0.25, 0.3) is 0 Å². The molecule has 0 bridgehead atoms. The third kappa shape index (κ3) is 2.87. The first-order valence-electron chi connectivity index (χ1n) is 10.8. The number of rotatable bonds is 4. The molecule has 0 aliphatic heterocycles. The van der Waals surface area contributed by atoms with E-state index >= 15 is 0 Å².